The van der Waals surface area contributed by atoms with Gasteiger partial charge in [0, 0.05) is 19.8 Å². The van der Waals surface area contributed by atoms with Crippen molar-refractivity contribution in [3.05, 3.63) is 0 Å². The maximum atomic E-state index is 12.5. The molecule has 0 bridgehead atoms. The minimum absolute atomic E-state index is 0. The summed E-state index contributed by atoms with van der Waals surface area (Å²) in [6, 6.07) is -0.481. The normalized spacial score (nSPS) is 12.6. The van der Waals surface area contributed by atoms with Crippen LogP contribution in [-0.2, 0) is 14.3 Å². The van der Waals surface area contributed by atoms with Crippen LogP contribution in [0.4, 0.5) is 0 Å². The Morgan fingerprint density at radius 3 is 1.43 bits per heavy atom. The molecule has 0 saturated heterocycles. The molecule has 0 fully saturated rings. The fraction of sp³-hybridized carbons (Fsp3) is 0.973. The Morgan fingerprint density at radius 1 is 0.591 bits per heavy atom. The molecule has 266 valence electrons. The monoisotopic (exact) mass is 648 g/mol. The van der Waals surface area contributed by atoms with E-state index >= 15 is 0 Å². The Kier molecular flexibility index (Phi) is 40.3. The first-order valence-corrected chi connectivity index (χ1v) is 19.1. The van der Waals surface area contributed by atoms with Gasteiger partial charge >= 0.3 is 0 Å². The smallest absolute Gasteiger partial charge is 0.237 e. The zero-order chi connectivity index (χ0) is 31.5. The molecular weight excluding hydrogens is 570 g/mol. The third kappa shape index (κ3) is 34.5. The second-order valence-corrected chi connectivity index (χ2v) is 13.0. The van der Waals surface area contributed by atoms with Crippen molar-refractivity contribution in [1.82, 2.24) is 5.32 Å². The van der Waals surface area contributed by atoms with Crippen LogP contribution in [0, 0.1) is 0 Å². The lowest BCUT2D eigenvalue weighted by molar-refractivity contribution is -0.123. The number of rotatable bonds is 36. The molecule has 44 heavy (non-hydrogen) atoms. The van der Waals surface area contributed by atoms with Crippen LogP contribution >= 0.6 is 12.4 Å². The Bertz CT molecular complexity index is 556. The van der Waals surface area contributed by atoms with Crippen LogP contribution in [-0.4, -0.2) is 51.0 Å². The van der Waals surface area contributed by atoms with E-state index < -0.39 is 6.04 Å². The third-order valence-electron chi connectivity index (χ3n) is 8.61. The van der Waals surface area contributed by atoms with E-state index in [2.05, 4.69) is 19.2 Å². The number of hydrogen-bond donors (Lipinski definition) is 3. The van der Waals surface area contributed by atoms with Gasteiger partial charge in [-0.05, 0) is 32.2 Å². The molecule has 5 N–H and O–H groups in total. The second kappa shape index (κ2) is 38.8. The summed E-state index contributed by atoms with van der Waals surface area (Å²) in [5.41, 5.74) is 11.6. The molecule has 0 saturated carbocycles. The van der Waals surface area contributed by atoms with Crippen molar-refractivity contribution >= 4 is 18.3 Å². The van der Waals surface area contributed by atoms with Gasteiger partial charge in [-0.25, -0.2) is 0 Å². The van der Waals surface area contributed by atoms with Crippen molar-refractivity contribution in [2.24, 2.45) is 11.5 Å². The van der Waals surface area contributed by atoms with Crippen molar-refractivity contribution < 1.29 is 14.3 Å². The summed E-state index contributed by atoms with van der Waals surface area (Å²) in [5, 5.41) is 3.01. The highest BCUT2D eigenvalue weighted by Crippen LogP contribution is 2.13. The summed E-state index contributed by atoms with van der Waals surface area (Å²) in [5.74, 6) is -0.100. The summed E-state index contributed by atoms with van der Waals surface area (Å²) >= 11 is 0. The molecule has 0 aliphatic heterocycles. The van der Waals surface area contributed by atoms with E-state index in [0.29, 0.717) is 26.1 Å². The summed E-state index contributed by atoms with van der Waals surface area (Å²) in [4.78, 5) is 12.5. The average molecular weight is 649 g/mol. The van der Waals surface area contributed by atoms with Crippen LogP contribution in [0.2, 0.25) is 0 Å². The fourth-order valence-electron chi connectivity index (χ4n) is 5.60. The number of hydrogen-bond acceptors (Lipinski definition) is 5. The molecular formula is C37H78ClN3O3. The van der Waals surface area contributed by atoms with E-state index in [-0.39, 0.29) is 24.4 Å². The highest BCUT2D eigenvalue weighted by Gasteiger charge is 2.16. The predicted octanol–water partition coefficient (Wildman–Crippen LogP) is 9.78. The van der Waals surface area contributed by atoms with Gasteiger partial charge in [0.05, 0.1) is 18.8 Å². The van der Waals surface area contributed by atoms with Gasteiger partial charge in [-0.1, -0.05) is 162 Å². The van der Waals surface area contributed by atoms with Gasteiger partial charge in [-0.3, -0.25) is 4.79 Å². The molecule has 1 unspecified atom stereocenters. The number of carbonyl (C=O) groups excluding carboxylic acids is 1. The van der Waals surface area contributed by atoms with E-state index in [4.69, 9.17) is 20.9 Å². The first kappa shape index (κ1) is 45.7. The molecule has 1 amide bonds. The SMILES string of the molecule is CCCCCCCCCCCCCCOCC(CNC(=O)[C@@H](N)CCCCN)OCCCCCCCCCCCCCC.Cl. The molecule has 0 radical (unpaired) electrons. The quantitative estimate of drug-likeness (QED) is 0.0588. The van der Waals surface area contributed by atoms with Crippen LogP contribution in [0.3, 0.4) is 0 Å². The summed E-state index contributed by atoms with van der Waals surface area (Å²) < 4.78 is 12.2. The summed E-state index contributed by atoms with van der Waals surface area (Å²) in [7, 11) is 0. The number of unbranched alkanes of at least 4 members (excludes halogenated alkanes) is 23. The van der Waals surface area contributed by atoms with Crippen LogP contribution in [0.5, 0.6) is 0 Å². The lowest BCUT2D eigenvalue weighted by Gasteiger charge is -2.20. The minimum Gasteiger partial charge on any atom is -0.379 e. The fourth-order valence-corrected chi connectivity index (χ4v) is 5.60. The number of ether oxygens (including phenoxy) is 2. The van der Waals surface area contributed by atoms with Crippen LogP contribution < -0.4 is 16.8 Å². The van der Waals surface area contributed by atoms with E-state index in [1.165, 1.54) is 141 Å². The van der Waals surface area contributed by atoms with Crippen molar-refractivity contribution in [2.75, 3.05) is 32.9 Å². The summed E-state index contributed by atoms with van der Waals surface area (Å²) in [6.45, 7) is 7.67. The first-order valence-electron chi connectivity index (χ1n) is 19.1. The van der Waals surface area contributed by atoms with Gasteiger partial charge in [-0.15, -0.1) is 12.4 Å². The zero-order valence-corrected chi connectivity index (χ0v) is 30.4. The van der Waals surface area contributed by atoms with Crippen molar-refractivity contribution in [1.29, 1.82) is 0 Å². The topological polar surface area (TPSA) is 99.6 Å². The molecule has 0 aromatic carbocycles. The molecule has 7 heteroatoms. The third-order valence-corrected chi connectivity index (χ3v) is 8.61. The Morgan fingerprint density at radius 2 is 1.00 bits per heavy atom. The van der Waals surface area contributed by atoms with E-state index in [1.54, 1.807) is 0 Å². The highest BCUT2D eigenvalue weighted by molar-refractivity contribution is 5.85. The number of halogens is 1. The lowest BCUT2D eigenvalue weighted by atomic mass is 10.1. The first-order chi connectivity index (χ1) is 21.2. The second-order valence-electron chi connectivity index (χ2n) is 13.0. The van der Waals surface area contributed by atoms with Crippen molar-refractivity contribution in [3.8, 4) is 0 Å². The van der Waals surface area contributed by atoms with E-state index in [1.807, 2.05) is 0 Å². The number of amides is 1. The Hall–Kier alpha value is -0.400. The van der Waals surface area contributed by atoms with Gasteiger partial charge in [-0.2, -0.15) is 0 Å². The predicted molar refractivity (Wildman–Crippen MR) is 194 cm³/mol. The van der Waals surface area contributed by atoms with Crippen LogP contribution in [0.25, 0.3) is 0 Å². The number of nitrogens with one attached hydrogen (secondary N) is 1. The van der Waals surface area contributed by atoms with Gasteiger partial charge < -0.3 is 26.3 Å². The Balaban J connectivity index is 0. The van der Waals surface area contributed by atoms with Gasteiger partial charge in [0.1, 0.15) is 0 Å². The molecule has 0 aromatic rings. The standard InChI is InChI=1S/C37H77N3O3.ClH/c1-3-5-7-9-11-13-15-17-19-21-23-27-31-42-34-35(33-40-37(41)36(39)29-25-26-30-38)43-32-28-24-22-20-18-16-14-12-10-8-6-4-2;/h35-36H,3-34,38-39H2,1-2H3,(H,40,41);1H/t35?,36-;/m0./s1. The minimum atomic E-state index is -0.481. The van der Waals surface area contributed by atoms with Crippen LogP contribution in [0.1, 0.15) is 187 Å². The van der Waals surface area contributed by atoms with Gasteiger partial charge in [0.25, 0.3) is 0 Å². The molecule has 0 spiro atoms. The Labute approximate surface area is 281 Å². The maximum absolute atomic E-state index is 12.5. The molecule has 0 aliphatic rings. The molecule has 0 heterocycles. The highest BCUT2D eigenvalue weighted by atomic mass is 35.5. The van der Waals surface area contributed by atoms with E-state index in [9.17, 15) is 4.79 Å². The summed E-state index contributed by atoms with van der Waals surface area (Å²) in [6.07, 6.45) is 34.4. The van der Waals surface area contributed by atoms with Crippen molar-refractivity contribution in [3.63, 3.8) is 0 Å². The average Bonchev–Trinajstić information content (AvgIpc) is 3.01. The zero-order valence-electron chi connectivity index (χ0n) is 29.6. The lowest BCUT2D eigenvalue weighted by Crippen LogP contribution is -2.45. The molecule has 0 aliphatic carbocycles. The molecule has 2 atom stereocenters. The van der Waals surface area contributed by atoms with Crippen LogP contribution in [0.15, 0.2) is 0 Å². The van der Waals surface area contributed by atoms with E-state index in [0.717, 1.165) is 38.9 Å². The molecule has 0 aromatic heterocycles. The van der Waals surface area contributed by atoms with Gasteiger partial charge in [0.2, 0.25) is 5.91 Å². The largest absolute Gasteiger partial charge is 0.379 e. The molecule has 6 nitrogen and oxygen atoms in total. The maximum Gasteiger partial charge on any atom is 0.237 e. The van der Waals surface area contributed by atoms with Crippen molar-refractivity contribution in [2.45, 2.75) is 199 Å². The number of carbonyl (C=O) groups is 1. The number of nitrogens with two attached hydrogens (primary N) is 2. The molecule has 0 rings (SSSR count). The van der Waals surface area contributed by atoms with Gasteiger partial charge in [0.15, 0.2) is 0 Å².